The first-order chi connectivity index (χ1) is 9.11. The molecule has 6 heteroatoms. The number of nitrogens with zero attached hydrogens (tertiary/aromatic N) is 1. The number of rotatable bonds is 2. The lowest BCUT2D eigenvalue weighted by molar-refractivity contribution is -0.121. The van der Waals surface area contributed by atoms with E-state index in [0.717, 1.165) is 4.88 Å². The third-order valence-electron chi connectivity index (χ3n) is 3.01. The predicted octanol–water partition coefficient (Wildman–Crippen LogP) is 0.00570. The van der Waals surface area contributed by atoms with E-state index < -0.39 is 0 Å². The Labute approximate surface area is 115 Å². The van der Waals surface area contributed by atoms with E-state index in [-0.39, 0.29) is 17.7 Å². The lowest BCUT2D eigenvalue weighted by atomic mass is 10.1. The Balaban J connectivity index is 2.04. The number of thiophene rings is 1. The van der Waals surface area contributed by atoms with Gasteiger partial charge in [0.15, 0.2) is 0 Å². The molecule has 2 heterocycles. The highest BCUT2D eigenvalue weighted by Gasteiger charge is 2.30. The fourth-order valence-electron chi connectivity index (χ4n) is 1.99. The van der Waals surface area contributed by atoms with E-state index >= 15 is 0 Å². The van der Waals surface area contributed by atoms with E-state index in [1.54, 1.807) is 11.0 Å². The van der Waals surface area contributed by atoms with Crippen LogP contribution in [0.4, 0.5) is 0 Å². The van der Waals surface area contributed by atoms with Gasteiger partial charge in [0.05, 0.1) is 22.2 Å². The molecular weight excluding hydrogens is 262 g/mol. The van der Waals surface area contributed by atoms with Crippen LogP contribution in [0.2, 0.25) is 0 Å². The minimum atomic E-state index is -0.337. The third kappa shape index (κ3) is 3.13. The Bertz CT molecular complexity index is 556. The van der Waals surface area contributed by atoms with E-state index in [1.165, 1.54) is 11.3 Å². The van der Waals surface area contributed by atoms with Crippen molar-refractivity contribution in [1.29, 1.82) is 0 Å². The SMILES string of the molecule is NCC#Cc1ccc(C(=O)N2CCC(C(N)=O)C2)s1. The molecule has 2 amide bonds. The van der Waals surface area contributed by atoms with Crippen LogP contribution in [0, 0.1) is 17.8 Å². The van der Waals surface area contributed by atoms with Crippen LogP contribution in [0.25, 0.3) is 0 Å². The van der Waals surface area contributed by atoms with Crippen LogP contribution in [0.15, 0.2) is 12.1 Å². The van der Waals surface area contributed by atoms with Crippen molar-refractivity contribution in [2.24, 2.45) is 17.4 Å². The standard InChI is InChI=1S/C13H15N3O2S/c14-6-1-2-10-3-4-11(19-10)13(18)16-7-5-9(8-16)12(15)17/h3-4,9H,5-8,14H2,(H2,15,17). The summed E-state index contributed by atoms with van der Waals surface area (Å²) in [5, 5.41) is 0. The molecule has 0 radical (unpaired) electrons. The maximum atomic E-state index is 12.2. The summed E-state index contributed by atoms with van der Waals surface area (Å²) in [6, 6.07) is 3.56. The number of carbonyl (C=O) groups excluding carboxylic acids is 2. The molecule has 1 unspecified atom stereocenters. The van der Waals surface area contributed by atoms with E-state index in [9.17, 15) is 9.59 Å². The van der Waals surface area contributed by atoms with Crippen LogP contribution in [-0.2, 0) is 4.79 Å². The molecule has 0 bridgehead atoms. The van der Waals surface area contributed by atoms with Crippen molar-refractivity contribution in [3.63, 3.8) is 0 Å². The van der Waals surface area contributed by atoms with E-state index in [1.807, 2.05) is 6.07 Å². The molecule has 1 aromatic heterocycles. The molecule has 1 atom stereocenters. The topological polar surface area (TPSA) is 89.4 Å². The molecule has 1 aliphatic rings. The molecule has 19 heavy (non-hydrogen) atoms. The van der Waals surface area contributed by atoms with Crippen LogP contribution in [0.3, 0.4) is 0 Å². The Morgan fingerprint density at radius 1 is 1.47 bits per heavy atom. The zero-order valence-electron chi connectivity index (χ0n) is 10.4. The largest absolute Gasteiger partial charge is 0.369 e. The summed E-state index contributed by atoms with van der Waals surface area (Å²) in [7, 11) is 0. The normalized spacial score (nSPS) is 17.9. The van der Waals surface area contributed by atoms with Gasteiger partial charge in [-0.05, 0) is 18.6 Å². The highest BCUT2D eigenvalue weighted by molar-refractivity contribution is 7.14. The molecule has 2 rings (SSSR count). The fraction of sp³-hybridized carbons (Fsp3) is 0.385. The summed E-state index contributed by atoms with van der Waals surface area (Å²) in [4.78, 5) is 26.4. The average Bonchev–Trinajstić information content (AvgIpc) is 3.04. The first-order valence-electron chi connectivity index (χ1n) is 5.99. The van der Waals surface area contributed by atoms with Gasteiger partial charge < -0.3 is 16.4 Å². The molecule has 0 aromatic carbocycles. The van der Waals surface area contributed by atoms with Gasteiger partial charge in [0.1, 0.15) is 0 Å². The lowest BCUT2D eigenvalue weighted by Gasteiger charge is -2.14. The second-order valence-electron chi connectivity index (χ2n) is 4.31. The van der Waals surface area contributed by atoms with Gasteiger partial charge in [-0.2, -0.15) is 0 Å². The average molecular weight is 277 g/mol. The van der Waals surface area contributed by atoms with E-state index in [2.05, 4.69) is 11.8 Å². The molecule has 0 spiro atoms. The minimum Gasteiger partial charge on any atom is -0.369 e. The molecule has 1 aliphatic heterocycles. The van der Waals surface area contributed by atoms with E-state index in [4.69, 9.17) is 11.5 Å². The second-order valence-corrected chi connectivity index (χ2v) is 5.39. The molecule has 0 aliphatic carbocycles. The highest BCUT2D eigenvalue weighted by atomic mass is 32.1. The fourth-order valence-corrected chi connectivity index (χ4v) is 2.84. The number of nitrogens with two attached hydrogens (primary N) is 2. The van der Waals surface area contributed by atoms with Crippen molar-refractivity contribution in [2.75, 3.05) is 19.6 Å². The van der Waals surface area contributed by atoms with Crippen LogP contribution in [0.1, 0.15) is 21.0 Å². The van der Waals surface area contributed by atoms with Crippen LogP contribution in [-0.4, -0.2) is 36.3 Å². The number of primary amides is 1. The van der Waals surface area contributed by atoms with Crippen LogP contribution < -0.4 is 11.5 Å². The van der Waals surface area contributed by atoms with Crippen molar-refractivity contribution < 1.29 is 9.59 Å². The lowest BCUT2D eigenvalue weighted by Crippen LogP contribution is -2.31. The van der Waals surface area contributed by atoms with Crippen LogP contribution in [0.5, 0.6) is 0 Å². The first kappa shape index (κ1) is 13.6. The molecule has 1 fully saturated rings. The van der Waals surface area contributed by atoms with E-state index in [0.29, 0.717) is 30.9 Å². The van der Waals surface area contributed by atoms with Crippen molar-refractivity contribution in [1.82, 2.24) is 4.90 Å². The monoisotopic (exact) mass is 277 g/mol. The smallest absolute Gasteiger partial charge is 0.263 e. The molecule has 0 saturated carbocycles. The summed E-state index contributed by atoms with van der Waals surface area (Å²) < 4.78 is 0. The molecule has 4 N–H and O–H groups in total. The molecule has 1 saturated heterocycles. The number of amides is 2. The Kier molecular flexibility index (Phi) is 4.20. The molecular formula is C13H15N3O2S. The van der Waals surface area contributed by atoms with Gasteiger partial charge in [0, 0.05) is 13.1 Å². The third-order valence-corrected chi connectivity index (χ3v) is 4.00. The Morgan fingerprint density at radius 2 is 2.26 bits per heavy atom. The molecule has 5 nitrogen and oxygen atoms in total. The minimum absolute atomic E-state index is 0.0606. The second kappa shape index (κ2) is 5.87. The van der Waals surface area contributed by atoms with Crippen molar-refractivity contribution in [3.05, 3.63) is 21.9 Å². The molecule has 1 aromatic rings. The number of carbonyl (C=O) groups is 2. The summed E-state index contributed by atoms with van der Waals surface area (Å²) >= 11 is 1.34. The zero-order chi connectivity index (χ0) is 13.8. The van der Waals surface area contributed by atoms with Crippen molar-refractivity contribution in [3.8, 4) is 11.8 Å². The van der Waals surface area contributed by atoms with Gasteiger partial charge >= 0.3 is 0 Å². The maximum Gasteiger partial charge on any atom is 0.263 e. The number of likely N-dealkylation sites (tertiary alicyclic amines) is 1. The highest BCUT2D eigenvalue weighted by Crippen LogP contribution is 2.22. The summed E-state index contributed by atoms with van der Waals surface area (Å²) in [6.45, 7) is 1.29. The van der Waals surface area contributed by atoms with Gasteiger partial charge in [-0.3, -0.25) is 9.59 Å². The van der Waals surface area contributed by atoms with Gasteiger partial charge in [0.25, 0.3) is 5.91 Å². The summed E-state index contributed by atoms with van der Waals surface area (Å²) in [6.07, 6.45) is 0.645. The summed E-state index contributed by atoms with van der Waals surface area (Å²) in [5.74, 6) is 5.03. The zero-order valence-corrected chi connectivity index (χ0v) is 11.2. The van der Waals surface area contributed by atoms with Crippen molar-refractivity contribution >= 4 is 23.2 Å². The maximum absolute atomic E-state index is 12.2. The van der Waals surface area contributed by atoms with Gasteiger partial charge in [-0.15, -0.1) is 11.3 Å². The summed E-state index contributed by atoms with van der Waals surface area (Å²) in [5.41, 5.74) is 10.6. The van der Waals surface area contributed by atoms with Crippen LogP contribution >= 0.6 is 11.3 Å². The first-order valence-corrected chi connectivity index (χ1v) is 6.81. The number of hydrogen-bond acceptors (Lipinski definition) is 4. The Hall–Kier alpha value is -1.84. The predicted molar refractivity (Wildman–Crippen MR) is 73.5 cm³/mol. The Morgan fingerprint density at radius 3 is 2.89 bits per heavy atom. The quantitative estimate of drug-likeness (QED) is 0.746. The molecule has 100 valence electrons. The van der Waals surface area contributed by atoms with Gasteiger partial charge in [0.2, 0.25) is 5.91 Å². The van der Waals surface area contributed by atoms with Crippen molar-refractivity contribution in [2.45, 2.75) is 6.42 Å². The number of hydrogen-bond donors (Lipinski definition) is 2. The van der Waals surface area contributed by atoms with Gasteiger partial charge in [-0.25, -0.2) is 0 Å². The van der Waals surface area contributed by atoms with Gasteiger partial charge in [-0.1, -0.05) is 11.8 Å².